The van der Waals surface area contributed by atoms with Crippen LogP contribution in [0, 0.1) is 17.0 Å². The highest BCUT2D eigenvalue weighted by Crippen LogP contribution is 2.31. The molecule has 0 fully saturated rings. The minimum Gasteiger partial charge on any atom is -0.469 e. The first kappa shape index (κ1) is 13.9. The van der Waals surface area contributed by atoms with E-state index in [1.165, 1.54) is 6.92 Å². The SMILES string of the molecule is COC(=O)Cc1c(C(F)F)ncc(C)c1[N+](=O)[O-]. The van der Waals surface area contributed by atoms with Crippen molar-refractivity contribution in [3.63, 3.8) is 0 Å². The summed E-state index contributed by atoms with van der Waals surface area (Å²) in [7, 11) is 1.07. The first-order chi connectivity index (χ1) is 8.38. The lowest BCUT2D eigenvalue weighted by Gasteiger charge is -2.09. The number of nitro groups is 1. The van der Waals surface area contributed by atoms with E-state index in [0.29, 0.717) is 0 Å². The molecule has 6 nitrogen and oxygen atoms in total. The van der Waals surface area contributed by atoms with Crippen molar-refractivity contribution in [1.29, 1.82) is 0 Å². The molecule has 0 saturated heterocycles. The van der Waals surface area contributed by atoms with Gasteiger partial charge >= 0.3 is 5.97 Å². The quantitative estimate of drug-likeness (QED) is 0.469. The molecule has 1 aromatic heterocycles. The number of esters is 1. The van der Waals surface area contributed by atoms with E-state index >= 15 is 0 Å². The normalized spacial score (nSPS) is 10.5. The van der Waals surface area contributed by atoms with E-state index < -0.39 is 40.7 Å². The molecule has 98 valence electrons. The molecule has 1 rings (SSSR count). The molecule has 0 aliphatic carbocycles. The third-order valence-corrected chi connectivity index (χ3v) is 2.30. The number of halogens is 2. The van der Waals surface area contributed by atoms with Gasteiger partial charge in [0.05, 0.1) is 24.0 Å². The molecule has 0 atom stereocenters. The Morgan fingerprint density at radius 3 is 2.67 bits per heavy atom. The fourth-order valence-corrected chi connectivity index (χ4v) is 1.50. The van der Waals surface area contributed by atoms with E-state index in [9.17, 15) is 23.7 Å². The predicted octanol–water partition coefficient (Wildman–Crippen LogP) is 1.95. The van der Waals surface area contributed by atoms with Crippen LogP contribution in [0.5, 0.6) is 0 Å². The standard InChI is InChI=1S/C10H10F2N2O4/c1-5-4-13-8(10(11)12)6(3-7(15)18-2)9(5)14(16)17/h4,10H,3H2,1-2H3. The van der Waals surface area contributed by atoms with Crippen LogP contribution in [0.1, 0.15) is 23.2 Å². The van der Waals surface area contributed by atoms with Crippen LogP contribution in [-0.2, 0) is 16.0 Å². The summed E-state index contributed by atoms with van der Waals surface area (Å²) < 4.78 is 29.8. The monoisotopic (exact) mass is 260 g/mol. The molecule has 0 bridgehead atoms. The van der Waals surface area contributed by atoms with Crippen molar-refractivity contribution in [2.75, 3.05) is 7.11 Å². The van der Waals surface area contributed by atoms with Gasteiger partial charge < -0.3 is 4.74 Å². The van der Waals surface area contributed by atoms with E-state index in [2.05, 4.69) is 9.72 Å². The van der Waals surface area contributed by atoms with E-state index in [4.69, 9.17) is 0 Å². The van der Waals surface area contributed by atoms with Gasteiger partial charge in [0.25, 0.3) is 12.1 Å². The molecule has 0 aliphatic heterocycles. The Morgan fingerprint density at radius 2 is 2.22 bits per heavy atom. The van der Waals surface area contributed by atoms with Crippen LogP contribution in [0.2, 0.25) is 0 Å². The Labute approximate surface area is 101 Å². The largest absolute Gasteiger partial charge is 0.469 e. The van der Waals surface area contributed by atoms with Crippen LogP contribution in [0.4, 0.5) is 14.5 Å². The molecule has 0 N–H and O–H groups in total. The summed E-state index contributed by atoms with van der Waals surface area (Å²) in [5.74, 6) is -0.840. The number of alkyl halides is 2. The van der Waals surface area contributed by atoms with E-state index in [-0.39, 0.29) is 5.56 Å². The molecule has 18 heavy (non-hydrogen) atoms. The zero-order valence-corrected chi connectivity index (χ0v) is 9.65. The van der Waals surface area contributed by atoms with Gasteiger partial charge in [0.2, 0.25) is 0 Å². The average Bonchev–Trinajstić information content (AvgIpc) is 2.27. The van der Waals surface area contributed by atoms with Crippen LogP contribution in [0.15, 0.2) is 6.20 Å². The van der Waals surface area contributed by atoms with Crippen molar-refractivity contribution < 1.29 is 23.2 Å². The van der Waals surface area contributed by atoms with Gasteiger partial charge in [-0.05, 0) is 6.92 Å². The predicted molar refractivity (Wildman–Crippen MR) is 56.3 cm³/mol. The van der Waals surface area contributed by atoms with Gasteiger partial charge in [0, 0.05) is 11.8 Å². The van der Waals surface area contributed by atoms with Gasteiger partial charge in [-0.25, -0.2) is 8.78 Å². The van der Waals surface area contributed by atoms with Gasteiger partial charge in [0.1, 0.15) is 5.69 Å². The molecule has 0 radical (unpaired) electrons. The number of hydrogen-bond acceptors (Lipinski definition) is 5. The maximum Gasteiger partial charge on any atom is 0.310 e. The number of carbonyl (C=O) groups is 1. The number of rotatable bonds is 4. The lowest BCUT2D eigenvalue weighted by molar-refractivity contribution is -0.386. The average molecular weight is 260 g/mol. The van der Waals surface area contributed by atoms with Crippen molar-refractivity contribution in [1.82, 2.24) is 4.98 Å². The van der Waals surface area contributed by atoms with Crippen molar-refractivity contribution >= 4 is 11.7 Å². The lowest BCUT2D eigenvalue weighted by Crippen LogP contribution is -2.12. The van der Waals surface area contributed by atoms with Crippen LogP contribution in [0.25, 0.3) is 0 Å². The van der Waals surface area contributed by atoms with Crippen LogP contribution < -0.4 is 0 Å². The molecular weight excluding hydrogens is 250 g/mol. The van der Waals surface area contributed by atoms with Crippen LogP contribution in [0.3, 0.4) is 0 Å². The first-order valence-corrected chi connectivity index (χ1v) is 4.86. The number of hydrogen-bond donors (Lipinski definition) is 0. The molecule has 0 unspecified atom stereocenters. The third-order valence-electron chi connectivity index (χ3n) is 2.30. The highest BCUT2D eigenvalue weighted by molar-refractivity contribution is 5.75. The second kappa shape index (κ2) is 5.48. The van der Waals surface area contributed by atoms with Crippen molar-refractivity contribution in [2.24, 2.45) is 0 Å². The Morgan fingerprint density at radius 1 is 1.61 bits per heavy atom. The van der Waals surface area contributed by atoms with Gasteiger partial charge in [-0.1, -0.05) is 0 Å². The summed E-state index contributed by atoms with van der Waals surface area (Å²) >= 11 is 0. The van der Waals surface area contributed by atoms with Gasteiger partial charge in [-0.3, -0.25) is 19.9 Å². The first-order valence-electron chi connectivity index (χ1n) is 4.86. The molecule has 1 heterocycles. The maximum absolute atomic E-state index is 12.7. The smallest absolute Gasteiger partial charge is 0.310 e. The lowest BCUT2D eigenvalue weighted by atomic mass is 10.0. The second-order valence-corrected chi connectivity index (χ2v) is 3.46. The molecular formula is C10H10F2N2O4. The van der Waals surface area contributed by atoms with Gasteiger partial charge in [-0.15, -0.1) is 0 Å². The topological polar surface area (TPSA) is 82.3 Å². The molecule has 0 spiro atoms. The van der Waals surface area contributed by atoms with Crippen molar-refractivity contribution in [2.45, 2.75) is 19.8 Å². The fourth-order valence-electron chi connectivity index (χ4n) is 1.50. The van der Waals surface area contributed by atoms with Crippen LogP contribution in [-0.4, -0.2) is 23.0 Å². The summed E-state index contributed by atoms with van der Waals surface area (Å²) in [6.07, 6.45) is -2.62. The van der Waals surface area contributed by atoms with Crippen molar-refractivity contribution in [3.05, 3.63) is 33.1 Å². The van der Waals surface area contributed by atoms with E-state index in [1.807, 2.05) is 0 Å². The van der Waals surface area contributed by atoms with E-state index in [0.717, 1.165) is 13.3 Å². The van der Waals surface area contributed by atoms with Gasteiger partial charge in [0.15, 0.2) is 0 Å². The number of methoxy groups -OCH3 is 1. The zero-order chi connectivity index (χ0) is 13.9. The Bertz CT molecular complexity index is 491. The highest BCUT2D eigenvalue weighted by atomic mass is 19.3. The zero-order valence-electron chi connectivity index (χ0n) is 9.65. The van der Waals surface area contributed by atoms with E-state index in [1.54, 1.807) is 0 Å². The number of aryl methyl sites for hydroxylation is 1. The van der Waals surface area contributed by atoms with Crippen LogP contribution >= 0.6 is 0 Å². The summed E-state index contributed by atoms with van der Waals surface area (Å²) in [6.45, 7) is 1.36. The van der Waals surface area contributed by atoms with Crippen molar-refractivity contribution in [3.8, 4) is 0 Å². The number of ether oxygens (including phenoxy) is 1. The third kappa shape index (κ3) is 2.76. The Balaban J connectivity index is 3.43. The summed E-state index contributed by atoms with van der Waals surface area (Å²) in [5, 5.41) is 10.9. The fraction of sp³-hybridized carbons (Fsp3) is 0.400. The summed E-state index contributed by atoms with van der Waals surface area (Å²) in [6, 6.07) is 0. The molecule has 1 aromatic rings. The van der Waals surface area contributed by atoms with Gasteiger partial charge in [-0.2, -0.15) is 0 Å². The number of aromatic nitrogens is 1. The maximum atomic E-state index is 12.7. The Hall–Kier alpha value is -2.12. The number of carbonyl (C=O) groups excluding carboxylic acids is 1. The highest BCUT2D eigenvalue weighted by Gasteiger charge is 2.28. The second-order valence-electron chi connectivity index (χ2n) is 3.46. The summed E-state index contributed by atoms with van der Waals surface area (Å²) in [5.41, 5.74) is -1.58. The minimum atomic E-state index is -3.00. The molecule has 0 saturated carbocycles. The summed E-state index contributed by atoms with van der Waals surface area (Å²) in [4.78, 5) is 24.6. The minimum absolute atomic E-state index is 0.114. The number of nitrogens with zero attached hydrogens (tertiary/aromatic N) is 2. The molecule has 8 heteroatoms. The molecule has 0 amide bonds. The number of pyridine rings is 1. The molecule has 0 aromatic carbocycles. The molecule has 0 aliphatic rings. The Kier molecular flexibility index (Phi) is 4.24.